The Morgan fingerprint density at radius 3 is 1.11 bits per heavy atom. The lowest BCUT2D eigenvalue weighted by molar-refractivity contribution is -0.305. The standard InChI is InChI=1S/C84H153NO10/c1-4-7-10-13-16-19-22-25-27-29-31-33-35-37-39-41-43-45-47-49-51-54-57-60-63-66-69-72-79(89)95-82-81(91)80(90)78(73-86)94-84(82)93-74-75(76(87)70-67-64-61-58-55-52-24-21-18-15-12-9-6-3)85-83(92)77(88)71-68-65-62-59-56-53-50-48-46-44-42-40-38-36-34-32-30-28-26-23-20-17-14-11-8-5-2/h16-17,19-20,25-28,32,34,67,70,75-78,80-82,84,86-88,90-91H,4-15,18,21-24,29-31,33,35-66,68-69,71-74H2,1-3H3,(H,85,92)/b19-16-,20-17-,27-25-,28-26-,34-32-,70-67+. The van der Waals surface area contributed by atoms with Crippen molar-refractivity contribution in [3.8, 4) is 0 Å². The molecule has 1 rings (SSSR count). The number of ether oxygens (including phenoxy) is 3. The van der Waals surface area contributed by atoms with Crippen molar-refractivity contribution in [1.29, 1.82) is 0 Å². The van der Waals surface area contributed by atoms with Gasteiger partial charge in [-0.15, -0.1) is 0 Å². The molecule has 0 aliphatic carbocycles. The first-order valence-corrected chi connectivity index (χ1v) is 40.7. The van der Waals surface area contributed by atoms with Crippen molar-refractivity contribution in [2.45, 2.75) is 436 Å². The van der Waals surface area contributed by atoms with E-state index in [1.54, 1.807) is 6.08 Å². The van der Waals surface area contributed by atoms with Gasteiger partial charge in [0.2, 0.25) is 5.91 Å². The van der Waals surface area contributed by atoms with Crippen molar-refractivity contribution >= 4 is 11.9 Å². The minimum Gasteiger partial charge on any atom is -0.454 e. The first-order chi connectivity index (χ1) is 46.7. The van der Waals surface area contributed by atoms with Crippen molar-refractivity contribution in [2.75, 3.05) is 13.2 Å². The third-order valence-electron chi connectivity index (χ3n) is 19.1. The quantitative estimate of drug-likeness (QED) is 0.0195. The highest BCUT2D eigenvalue weighted by Gasteiger charge is 2.47. The zero-order chi connectivity index (χ0) is 68.8. The molecule has 0 aromatic heterocycles. The molecule has 1 fully saturated rings. The van der Waals surface area contributed by atoms with Gasteiger partial charge in [0.05, 0.1) is 25.4 Å². The Hall–Kier alpha value is -2.90. The highest BCUT2D eigenvalue weighted by Crippen LogP contribution is 2.27. The molecule has 95 heavy (non-hydrogen) atoms. The van der Waals surface area contributed by atoms with Crippen LogP contribution < -0.4 is 5.32 Å². The number of amides is 1. The average Bonchev–Trinajstić information content (AvgIpc) is 0.829. The molecule has 1 amide bonds. The Bertz CT molecular complexity index is 1830. The van der Waals surface area contributed by atoms with Gasteiger partial charge < -0.3 is 45.1 Å². The van der Waals surface area contributed by atoms with Gasteiger partial charge in [0.15, 0.2) is 12.4 Å². The predicted octanol–water partition coefficient (Wildman–Crippen LogP) is 22.2. The Kier molecular flexibility index (Phi) is 67.3. The van der Waals surface area contributed by atoms with E-state index in [-0.39, 0.29) is 13.0 Å². The Morgan fingerprint density at radius 2 is 0.726 bits per heavy atom. The van der Waals surface area contributed by atoms with Crippen LogP contribution in [0.4, 0.5) is 0 Å². The van der Waals surface area contributed by atoms with Crippen LogP contribution in [-0.4, -0.2) is 99.6 Å². The van der Waals surface area contributed by atoms with Gasteiger partial charge in [0.1, 0.15) is 24.4 Å². The molecule has 1 heterocycles. The summed E-state index contributed by atoms with van der Waals surface area (Å²) in [4.78, 5) is 26.8. The molecule has 1 aliphatic heterocycles. The number of hydrogen-bond donors (Lipinski definition) is 6. The molecule has 6 N–H and O–H groups in total. The summed E-state index contributed by atoms with van der Waals surface area (Å²) in [6, 6.07) is -1.03. The Labute approximate surface area is 585 Å². The summed E-state index contributed by atoms with van der Waals surface area (Å²) in [5, 5.41) is 57.5. The lowest BCUT2D eigenvalue weighted by atomic mass is 9.99. The molecule has 11 heteroatoms. The molecule has 1 saturated heterocycles. The number of hydrogen-bond acceptors (Lipinski definition) is 10. The van der Waals surface area contributed by atoms with Crippen LogP contribution in [0.2, 0.25) is 0 Å². The molecule has 8 unspecified atom stereocenters. The number of carbonyl (C=O) groups is 2. The zero-order valence-corrected chi connectivity index (χ0v) is 62.0. The number of esters is 1. The van der Waals surface area contributed by atoms with Crippen LogP contribution in [0.15, 0.2) is 72.9 Å². The minimum atomic E-state index is -1.62. The molecule has 8 atom stereocenters. The van der Waals surface area contributed by atoms with E-state index in [0.29, 0.717) is 19.3 Å². The summed E-state index contributed by atoms with van der Waals surface area (Å²) in [7, 11) is 0. The molecule has 554 valence electrons. The topological polar surface area (TPSA) is 175 Å². The van der Waals surface area contributed by atoms with Gasteiger partial charge in [-0.2, -0.15) is 0 Å². The van der Waals surface area contributed by atoms with Gasteiger partial charge in [-0.25, -0.2) is 0 Å². The van der Waals surface area contributed by atoms with E-state index in [0.717, 1.165) is 77.0 Å². The molecular weight excluding hydrogens is 1180 g/mol. The number of carbonyl (C=O) groups excluding carboxylic acids is 2. The van der Waals surface area contributed by atoms with Crippen LogP contribution in [0.25, 0.3) is 0 Å². The molecule has 0 radical (unpaired) electrons. The smallest absolute Gasteiger partial charge is 0.306 e. The number of allylic oxidation sites excluding steroid dienone is 11. The average molecular weight is 1340 g/mol. The van der Waals surface area contributed by atoms with E-state index >= 15 is 0 Å². The summed E-state index contributed by atoms with van der Waals surface area (Å²) >= 11 is 0. The second kappa shape index (κ2) is 70.9. The normalized spacial score (nSPS) is 18.1. The summed E-state index contributed by atoms with van der Waals surface area (Å²) in [6.07, 6.45) is 83.8. The van der Waals surface area contributed by atoms with Crippen molar-refractivity contribution in [2.24, 2.45) is 0 Å². The maximum absolute atomic E-state index is 13.6. The third-order valence-corrected chi connectivity index (χ3v) is 19.1. The number of unbranched alkanes of at least 4 members (excludes halogenated alkanes) is 47. The Morgan fingerprint density at radius 1 is 0.411 bits per heavy atom. The summed E-state index contributed by atoms with van der Waals surface area (Å²) in [5.74, 6) is -1.18. The van der Waals surface area contributed by atoms with Crippen molar-refractivity contribution < 1.29 is 49.3 Å². The van der Waals surface area contributed by atoms with Crippen LogP contribution in [0, 0.1) is 0 Å². The SMILES string of the molecule is CCCCC/C=C\C/C=C\C/C=C\CCCCCCCCCCCCCCCC(O)C(=O)NC(COC1OC(CO)C(O)C(O)C1OC(=O)CCCCCCCCCCCCCCCCCCC/C=C\C/C=C\CCCCC)C(O)/C=C/CCCCCCCCCCCCC. The predicted molar refractivity (Wildman–Crippen MR) is 403 cm³/mol. The van der Waals surface area contributed by atoms with Gasteiger partial charge >= 0.3 is 5.97 Å². The largest absolute Gasteiger partial charge is 0.454 e. The van der Waals surface area contributed by atoms with Crippen LogP contribution in [0.1, 0.15) is 387 Å². The highest BCUT2D eigenvalue weighted by atomic mass is 16.7. The fourth-order valence-corrected chi connectivity index (χ4v) is 12.7. The molecule has 0 saturated carbocycles. The fourth-order valence-electron chi connectivity index (χ4n) is 12.7. The number of nitrogens with one attached hydrogen (secondary N) is 1. The lowest BCUT2D eigenvalue weighted by Gasteiger charge is -2.41. The van der Waals surface area contributed by atoms with E-state index in [1.807, 2.05) is 6.08 Å². The number of aliphatic hydroxyl groups is 5. The molecule has 0 aromatic rings. The van der Waals surface area contributed by atoms with E-state index in [1.165, 1.54) is 263 Å². The van der Waals surface area contributed by atoms with Gasteiger partial charge in [-0.3, -0.25) is 9.59 Å². The Balaban J connectivity index is 2.49. The molecule has 0 bridgehead atoms. The summed E-state index contributed by atoms with van der Waals surface area (Å²) in [6.45, 7) is 5.80. The highest BCUT2D eigenvalue weighted by molar-refractivity contribution is 5.80. The van der Waals surface area contributed by atoms with Crippen molar-refractivity contribution in [1.82, 2.24) is 5.32 Å². The van der Waals surface area contributed by atoms with Crippen molar-refractivity contribution in [3.63, 3.8) is 0 Å². The van der Waals surface area contributed by atoms with Crippen LogP contribution in [0.3, 0.4) is 0 Å². The van der Waals surface area contributed by atoms with Gasteiger partial charge in [0.25, 0.3) is 0 Å². The maximum atomic E-state index is 13.6. The first kappa shape index (κ1) is 90.1. The lowest BCUT2D eigenvalue weighted by Crippen LogP contribution is -2.61. The van der Waals surface area contributed by atoms with Gasteiger partial charge in [-0.05, 0) is 96.3 Å². The molecule has 0 aromatic carbocycles. The first-order valence-electron chi connectivity index (χ1n) is 40.7. The second-order valence-corrected chi connectivity index (χ2v) is 28.1. The van der Waals surface area contributed by atoms with Crippen molar-refractivity contribution in [3.05, 3.63) is 72.9 Å². The number of aliphatic hydroxyl groups excluding tert-OH is 5. The number of rotatable bonds is 71. The summed E-state index contributed by atoms with van der Waals surface area (Å²) < 4.78 is 17.8. The minimum absolute atomic E-state index is 0.125. The van der Waals surface area contributed by atoms with Gasteiger partial charge in [-0.1, -0.05) is 357 Å². The van der Waals surface area contributed by atoms with E-state index in [4.69, 9.17) is 14.2 Å². The second-order valence-electron chi connectivity index (χ2n) is 28.1. The summed E-state index contributed by atoms with van der Waals surface area (Å²) in [5.41, 5.74) is 0. The molecule has 0 spiro atoms. The molecule has 1 aliphatic rings. The molecular formula is C84H153NO10. The third kappa shape index (κ3) is 57.6. The van der Waals surface area contributed by atoms with Gasteiger partial charge in [0, 0.05) is 6.42 Å². The molecule has 11 nitrogen and oxygen atoms in total. The van der Waals surface area contributed by atoms with Crippen LogP contribution in [0.5, 0.6) is 0 Å². The van der Waals surface area contributed by atoms with E-state index in [2.05, 4.69) is 86.8 Å². The van der Waals surface area contributed by atoms with E-state index in [9.17, 15) is 35.1 Å². The maximum Gasteiger partial charge on any atom is 0.306 e. The zero-order valence-electron chi connectivity index (χ0n) is 62.0. The van der Waals surface area contributed by atoms with Crippen LogP contribution in [-0.2, 0) is 23.8 Å². The monoisotopic (exact) mass is 1340 g/mol. The fraction of sp³-hybridized carbons (Fsp3) is 0.833. The van der Waals surface area contributed by atoms with E-state index < -0.39 is 67.4 Å². The van der Waals surface area contributed by atoms with Crippen LogP contribution >= 0.6 is 0 Å².